The van der Waals surface area contributed by atoms with Gasteiger partial charge >= 0.3 is 0 Å². The van der Waals surface area contributed by atoms with Gasteiger partial charge < -0.3 is 33.8 Å². The Kier molecular flexibility index (Phi) is 20.8. The maximum absolute atomic E-state index is 2.29. The molecule has 0 aliphatic rings. The van der Waals surface area contributed by atoms with Crippen molar-refractivity contribution in [2.75, 3.05) is 53.4 Å². The second-order valence-electron chi connectivity index (χ2n) is 5.14. The molecule has 0 spiro atoms. The number of hydrogen-bond acceptors (Lipinski definition) is 0. The molecule has 0 heterocycles. The van der Waals surface area contributed by atoms with Crippen LogP contribution in [0.4, 0.5) is 0 Å². The highest BCUT2D eigenvalue weighted by molar-refractivity contribution is 4.25. The highest BCUT2D eigenvalue weighted by Gasteiger charge is 2.11. The van der Waals surface area contributed by atoms with E-state index in [0.29, 0.717) is 0 Å². The fourth-order valence-corrected chi connectivity index (χ4v) is 1.34. The van der Waals surface area contributed by atoms with Crippen LogP contribution in [0.3, 0.4) is 0 Å². The molecule has 0 aromatic carbocycles. The van der Waals surface area contributed by atoms with Crippen LogP contribution in [-0.4, -0.2) is 62.3 Å². The summed E-state index contributed by atoms with van der Waals surface area (Å²) in [5.41, 5.74) is 0. The van der Waals surface area contributed by atoms with Crippen molar-refractivity contribution in [1.82, 2.24) is 0 Å². The summed E-state index contributed by atoms with van der Waals surface area (Å²) in [6, 6.07) is 0. The Morgan fingerprint density at radius 3 is 0.556 bits per heavy atom. The van der Waals surface area contributed by atoms with Crippen LogP contribution in [0.2, 0.25) is 0 Å². The van der Waals surface area contributed by atoms with Gasteiger partial charge in [0, 0.05) is 0 Å². The largest absolute Gasteiger partial charge is 1.00 e. The Balaban J connectivity index is -0.0000000980. The third-order valence-electron chi connectivity index (χ3n) is 4.58. The maximum Gasteiger partial charge on any atom is 0.0755 e. The molecule has 0 rings (SSSR count). The van der Waals surface area contributed by atoms with E-state index < -0.39 is 0 Å². The molecule has 0 atom stereocenters. The molecule has 18 heavy (non-hydrogen) atoms. The minimum Gasteiger partial charge on any atom is -1.00 e. The highest BCUT2D eigenvalue weighted by atomic mass is 35.5. The molecule has 0 saturated heterocycles. The van der Waals surface area contributed by atoms with E-state index in [1.165, 1.54) is 48.2 Å². The van der Waals surface area contributed by atoms with E-state index >= 15 is 0 Å². The Hall–Kier alpha value is 0.500. The Morgan fingerprint density at radius 2 is 0.556 bits per heavy atom. The van der Waals surface area contributed by atoms with Gasteiger partial charge in [-0.2, -0.15) is 0 Å². The van der Waals surface area contributed by atoms with Gasteiger partial charge in [0.05, 0.1) is 53.4 Å². The van der Waals surface area contributed by atoms with E-state index in [4.69, 9.17) is 0 Å². The van der Waals surface area contributed by atoms with Gasteiger partial charge in [-0.3, -0.25) is 0 Å². The summed E-state index contributed by atoms with van der Waals surface area (Å²) in [7, 11) is 4.58. The van der Waals surface area contributed by atoms with Crippen molar-refractivity contribution in [2.45, 2.75) is 41.5 Å². The first-order valence-electron chi connectivity index (χ1n) is 7.03. The van der Waals surface area contributed by atoms with Crippen LogP contribution >= 0.6 is 0 Å². The lowest BCUT2D eigenvalue weighted by atomic mass is 10.4. The summed E-state index contributed by atoms with van der Waals surface area (Å²) in [5.74, 6) is 0. The summed E-state index contributed by atoms with van der Waals surface area (Å²) >= 11 is 0. The van der Waals surface area contributed by atoms with E-state index in [0.717, 1.165) is 0 Å². The Morgan fingerprint density at radius 1 is 0.444 bits per heavy atom. The third-order valence-corrected chi connectivity index (χ3v) is 4.58. The van der Waals surface area contributed by atoms with Crippen molar-refractivity contribution in [3.63, 3.8) is 0 Å². The van der Waals surface area contributed by atoms with Crippen LogP contribution in [0.25, 0.3) is 0 Å². The summed E-state index contributed by atoms with van der Waals surface area (Å²) in [6.07, 6.45) is 0. The molecule has 0 aromatic heterocycles. The molecule has 0 saturated carbocycles. The van der Waals surface area contributed by atoms with Gasteiger partial charge in [0.25, 0.3) is 0 Å². The molecule has 0 aromatic rings. The van der Waals surface area contributed by atoms with Crippen molar-refractivity contribution in [2.24, 2.45) is 0 Å². The summed E-state index contributed by atoms with van der Waals surface area (Å²) in [6.45, 7) is 21.0. The second-order valence-corrected chi connectivity index (χ2v) is 5.14. The molecular formula is C14H36Cl2N2. The first kappa shape index (κ1) is 26.9. The molecule has 0 bridgehead atoms. The maximum atomic E-state index is 2.29. The lowest BCUT2D eigenvalue weighted by molar-refractivity contribution is -0.904. The zero-order valence-electron chi connectivity index (χ0n) is 13.9. The second kappa shape index (κ2) is 13.9. The van der Waals surface area contributed by atoms with Crippen LogP contribution in [-0.2, 0) is 0 Å². The summed E-state index contributed by atoms with van der Waals surface area (Å²) < 4.78 is 2.42. The van der Waals surface area contributed by atoms with Crippen LogP contribution < -0.4 is 24.8 Å². The standard InChI is InChI=1S/2C7H18N.2ClH/c2*1-5-8(4,6-2)7-3;;/h2*5-7H2,1-4H3;2*1H/q2*+1;;/p-2. The van der Waals surface area contributed by atoms with Crippen molar-refractivity contribution < 1.29 is 33.8 Å². The van der Waals surface area contributed by atoms with Gasteiger partial charge in [0.1, 0.15) is 0 Å². The van der Waals surface area contributed by atoms with E-state index in [2.05, 4.69) is 55.6 Å². The zero-order valence-corrected chi connectivity index (χ0v) is 15.4. The first-order chi connectivity index (χ1) is 7.36. The topological polar surface area (TPSA) is 0 Å². The fourth-order valence-electron chi connectivity index (χ4n) is 1.34. The predicted molar refractivity (Wildman–Crippen MR) is 75.6 cm³/mol. The molecule has 0 radical (unpaired) electrons. The average Bonchev–Trinajstić information content (AvgIpc) is 2.37. The molecule has 2 nitrogen and oxygen atoms in total. The molecule has 0 unspecified atom stereocenters. The Bertz CT molecular complexity index is 121. The normalized spacial score (nSPS) is 10.7. The monoisotopic (exact) mass is 302 g/mol. The summed E-state index contributed by atoms with van der Waals surface area (Å²) in [4.78, 5) is 0. The number of nitrogens with zero attached hydrogens (tertiary/aromatic N) is 2. The molecule has 0 fully saturated rings. The molecule has 116 valence electrons. The molecule has 0 amide bonds. The van der Waals surface area contributed by atoms with Gasteiger partial charge in [-0.1, -0.05) is 0 Å². The fraction of sp³-hybridized carbons (Fsp3) is 1.00. The van der Waals surface area contributed by atoms with Crippen LogP contribution in [0, 0.1) is 0 Å². The molecule has 4 heteroatoms. The van der Waals surface area contributed by atoms with Crippen molar-refractivity contribution in [3.8, 4) is 0 Å². The molecule has 0 aliphatic carbocycles. The van der Waals surface area contributed by atoms with Crippen molar-refractivity contribution >= 4 is 0 Å². The number of quaternary nitrogens is 2. The smallest absolute Gasteiger partial charge is 0.0755 e. The number of hydrogen-bond donors (Lipinski definition) is 0. The third kappa shape index (κ3) is 11.6. The zero-order chi connectivity index (χ0) is 13.2. The lowest BCUT2D eigenvalue weighted by Gasteiger charge is -2.30. The average molecular weight is 303 g/mol. The first-order valence-corrected chi connectivity index (χ1v) is 7.03. The predicted octanol–water partition coefficient (Wildman–Crippen LogP) is -3.01. The van der Waals surface area contributed by atoms with Crippen LogP contribution in [0.15, 0.2) is 0 Å². The van der Waals surface area contributed by atoms with E-state index in [-0.39, 0.29) is 24.8 Å². The van der Waals surface area contributed by atoms with E-state index in [1.54, 1.807) is 0 Å². The highest BCUT2D eigenvalue weighted by Crippen LogP contribution is 1.98. The van der Waals surface area contributed by atoms with Crippen LogP contribution in [0.5, 0.6) is 0 Å². The number of rotatable bonds is 6. The van der Waals surface area contributed by atoms with Crippen molar-refractivity contribution in [1.29, 1.82) is 0 Å². The van der Waals surface area contributed by atoms with Gasteiger partial charge in [0.2, 0.25) is 0 Å². The lowest BCUT2D eigenvalue weighted by Crippen LogP contribution is -3.00. The van der Waals surface area contributed by atoms with Gasteiger partial charge in [-0.25, -0.2) is 0 Å². The minimum atomic E-state index is 0. The SMILES string of the molecule is CC[N+](C)(CC)CC.CC[N+](C)(CC)CC.[Cl-].[Cl-]. The molecule has 0 N–H and O–H groups in total. The quantitative estimate of drug-likeness (QED) is 0.459. The number of halogens is 2. The van der Waals surface area contributed by atoms with Crippen LogP contribution in [0.1, 0.15) is 41.5 Å². The van der Waals surface area contributed by atoms with Gasteiger partial charge in [0.15, 0.2) is 0 Å². The molecule has 0 aliphatic heterocycles. The van der Waals surface area contributed by atoms with E-state index in [1.807, 2.05) is 0 Å². The van der Waals surface area contributed by atoms with Gasteiger partial charge in [-0.05, 0) is 41.5 Å². The van der Waals surface area contributed by atoms with Gasteiger partial charge in [-0.15, -0.1) is 0 Å². The Labute approximate surface area is 129 Å². The summed E-state index contributed by atoms with van der Waals surface area (Å²) in [5, 5.41) is 0. The molecular weight excluding hydrogens is 267 g/mol. The van der Waals surface area contributed by atoms with E-state index in [9.17, 15) is 0 Å². The minimum absolute atomic E-state index is 0. The van der Waals surface area contributed by atoms with Crippen molar-refractivity contribution in [3.05, 3.63) is 0 Å².